The van der Waals surface area contributed by atoms with E-state index >= 15 is 0 Å². The van der Waals surface area contributed by atoms with Crippen molar-refractivity contribution in [1.82, 2.24) is 9.80 Å². The van der Waals surface area contributed by atoms with Crippen LogP contribution in [0.15, 0.2) is 24.3 Å². The van der Waals surface area contributed by atoms with Gasteiger partial charge in [0, 0.05) is 37.8 Å². The average molecular weight is 386 g/mol. The third-order valence-corrected chi connectivity index (χ3v) is 6.38. The maximum atomic E-state index is 12.6. The van der Waals surface area contributed by atoms with Crippen LogP contribution in [0, 0.1) is 5.92 Å². The number of carbonyl (C=O) groups excluding carboxylic acids is 2. The van der Waals surface area contributed by atoms with Gasteiger partial charge in [-0.25, -0.2) is 0 Å². The molecule has 152 valence electrons. The minimum Gasteiger partial charge on any atom is -0.490 e. The Bertz CT molecular complexity index is 691. The quantitative estimate of drug-likeness (QED) is 0.847. The number of nitrogens with one attached hydrogen (secondary N) is 1. The number of amides is 2. The van der Waals surface area contributed by atoms with Crippen LogP contribution in [-0.2, 0) is 9.59 Å². The fourth-order valence-corrected chi connectivity index (χ4v) is 4.63. The Morgan fingerprint density at radius 2 is 1.75 bits per heavy atom. The van der Waals surface area contributed by atoms with Gasteiger partial charge in [0.2, 0.25) is 11.8 Å². The second-order valence-corrected chi connectivity index (χ2v) is 8.52. The Hall–Kier alpha value is -2.08. The molecule has 2 aliphatic heterocycles. The van der Waals surface area contributed by atoms with Crippen molar-refractivity contribution < 1.29 is 14.3 Å². The summed E-state index contributed by atoms with van der Waals surface area (Å²) >= 11 is 0. The summed E-state index contributed by atoms with van der Waals surface area (Å²) in [5, 5.41) is 2.97. The second-order valence-electron chi connectivity index (χ2n) is 8.52. The largest absolute Gasteiger partial charge is 0.490 e. The Morgan fingerprint density at radius 3 is 2.43 bits per heavy atom. The van der Waals surface area contributed by atoms with Gasteiger partial charge in [-0.2, -0.15) is 0 Å². The molecule has 2 amide bonds. The molecule has 1 aromatic carbocycles. The molecule has 28 heavy (non-hydrogen) atoms. The van der Waals surface area contributed by atoms with Crippen LogP contribution in [0.25, 0.3) is 0 Å². The molecule has 0 bridgehead atoms. The second kappa shape index (κ2) is 8.52. The van der Waals surface area contributed by atoms with E-state index in [0.717, 1.165) is 50.2 Å². The zero-order valence-electron chi connectivity index (χ0n) is 16.7. The van der Waals surface area contributed by atoms with Gasteiger partial charge in [-0.05, 0) is 57.0 Å². The van der Waals surface area contributed by atoms with Crippen molar-refractivity contribution in [3.8, 4) is 5.75 Å². The summed E-state index contributed by atoms with van der Waals surface area (Å²) in [5.74, 6) is 0.672. The maximum absolute atomic E-state index is 12.6. The summed E-state index contributed by atoms with van der Waals surface area (Å²) < 4.78 is 6.06. The molecule has 4 rings (SSSR count). The Kier molecular flexibility index (Phi) is 5.85. The molecule has 3 fully saturated rings. The number of nitrogens with zero attached hydrogens (tertiary/aromatic N) is 2. The first-order chi connectivity index (χ1) is 13.6. The molecular weight excluding hydrogens is 354 g/mol. The highest BCUT2D eigenvalue weighted by Crippen LogP contribution is 2.30. The lowest BCUT2D eigenvalue weighted by molar-refractivity contribution is -0.129. The molecule has 1 aromatic rings. The van der Waals surface area contributed by atoms with Gasteiger partial charge >= 0.3 is 0 Å². The molecule has 1 atom stereocenters. The van der Waals surface area contributed by atoms with E-state index in [1.807, 2.05) is 29.2 Å². The van der Waals surface area contributed by atoms with E-state index in [4.69, 9.17) is 4.74 Å². The van der Waals surface area contributed by atoms with Crippen LogP contribution in [0.5, 0.6) is 5.75 Å². The maximum Gasteiger partial charge on any atom is 0.229 e. The van der Waals surface area contributed by atoms with Crippen molar-refractivity contribution in [2.75, 3.05) is 32.0 Å². The number of rotatable bonds is 5. The summed E-state index contributed by atoms with van der Waals surface area (Å²) in [7, 11) is 2.14. The SMILES string of the molecule is CN1CCC(Oc2ccc(NC(=O)C3CC(=O)N(C4CCCC4)C3)cc2)CC1. The van der Waals surface area contributed by atoms with Crippen LogP contribution in [0.3, 0.4) is 0 Å². The number of hydrogen-bond acceptors (Lipinski definition) is 4. The van der Waals surface area contributed by atoms with E-state index < -0.39 is 0 Å². The normalized spacial score (nSPS) is 24.7. The van der Waals surface area contributed by atoms with Gasteiger partial charge in [0.25, 0.3) is 0 Å². The van der Waals surface area contributed by atoms with Crippen molar-refractivity contribution in [2.45, 2.75) is 57.1 Å². The summed E-state index contributed by atoms with van der Waals surface area (Å²) in [6.07, 6.45) is 7.23. The number of carbonyl (C=O) groups is 2. The molecule has 3 aliphatic rings. The van der Waals surface area contributed by atoms with Crippen molar-refractivity contribution in [1.29, 1.82) is 0 Å². The Morgan fingerprint density at radius 1 is 1.07 bits per heavy atom. The first-order valence-electron chi connectivity index (χ1n) is 10.6. The summed E-state index contributed by atoms with van der Waals surface area (Å²) in [4.78, 5) is 29.2. The van der Waals surface area contributed by atoms with Gasteiger partial charge in [0.1, 0.15) is 11.9 Å². The lowest BCUT2D eigenvalue weighted by Crippen LogP contribution is -2.35. The molecule has 2 heterocycles. The third-order valence-electron chi connectivity index (χ3n) is 6.38. The molecule has 1 unspecified atom stereocenters. The molecular formula is C22H31N3O3. The topological polar surface area (TPSA) is 61.9 Å². The molecule has 6 nitrogen and oxygen atoms in total. The standard InChI is InChI=1S/C22H31N3O3/c1-24-12-10-20(11-13-24)28-19-8-6-17(7-9-19)23-22(27)16-14-21(26)25(15-16)18-4-2-3-5-18/h6-9,16,18,20H,2-5,10-15H2,1H3,(H,23,27). The van der Waals surface area contributed by atoms with Crippen molar-refractivity contribution in [3.63, 3.8) is 0 Å². The van der Waals surface area contributed by atoms with Crippen LogP contribution >= 0.6 is 0 Å². The molecule has 0 radical (unpaired) electrons. The lowest BCUT2D eigenvalue weighted by Gasteiger charge is -2.29. The van der Waals surface area contributed by atoms with Crippen LogP contribution in [0.2, 0.25) is 0 Å². The van der Waals surface area contributed by atoms with Crippen molar-refractivity contribution in [2.24, 2.45) is 5.92 Å². The van der Waals surface area contributed by atoms with Crippen LogP contribution < -0.4 is 10.1 Å². The van der Waals surface area contributed by atoms with E-state index in [1.54, 1.807) is 0 Å². The van der Waals surface area contributed by atoms with Gasteiger partial charge in [-0.15, -0.1) is 0 Å². The number of anilines is 1. The molecule has 6 heteroatoms. The first-order valence-corrected chi connectivity index (χ1v) is 10.6. The van der Waals surface area contributed by atoms with Gasteiger partial charge < -0.3 is 19.9 Å². The molecule has 1 N–H and O–H groups in total. The lowest BCUT2D eigenvalue weighted by atomic mass is 10.1. The number of piperidine rings is 1. The predicted octanol–water partition coefficient (Wildman–Crippen LogP) is 2.89. The minimum atomic E-state index is -0.247. The molecule has 2 saturated heterocycles. The van der Waals surface area contributed by atoms with Gasteiger partial charge in [-0.3, -0.25) is 9.59 Å². The van der Waals surface area contributed by atoms with Crippen LogP contribution in [0.4, 0.5) is 5.69 Å². The molecule has 0 spiro atoms. The van der Waals surface area contributed by atoms with Gasteiger partial charge in [0.05, 0.1) is 5.92 Å². The van der Waals surface area contributed by atoms with Crippen molar-refractivity contribution >= 4 is 17.5 Å². The summed E-state index contributed by atoms with van der Waals surface area (Å²) in [5.41, 5.74) is 0.757. The van der Waals surface area contributed by atoms with E-state index in [9.17, 15) is 9.59 Å². The highest BCUT2D eigenvalue weighted by Gasteiger charge is 2.38. The van der Waals surface area contributed by atoms with Crippen LogP contribution in [0.1, 0.15) is 44.9 Å². The van der Waals surface area contributed by atoms with Gasteiger partial charge in [0.15, 0.2) is 0 Å². The summed E-state index contributed by atoms with van der Waals surface area (Å²) in [6.45, 7) is 2.69. The highest BCUT2D eigenvalue weighted by molar-refractivity contribution is 5.97. The predicted molar refractivity (Wildman–Crippen MR) is 108 cm³/mol. The smallest absolute Gasteiger partial charge is 0.229 e. The Balaban J connectivity index is 1.28. The number of benzene rings is 1. The van der Waals surface area contributed by atoms with E-state index in [1.165, 1.54) is 12.8 Å². The monoisotopic (exact) mass is 385 g/mol. The Labute approximate surface area is 167 Å². The zero-order valence-corrected chi connectivity index (χ0v) is 16.7. The third kappa shape index (κ3) is 4.49. The van der Waals surface area contributed by atoms with Gasteiger partial charge in [-0.1, -0.05) is 12.8 Å². The number of likely N-dealkylation sites (tertiary alicyclic amines) is 2. The molecule has 1 saturated carbocycles. The van der Waals surface area contributed by atoms with Crippen molar-refractivity contribution in [3.05, 3.63) is 24.3 Å². The molecule has 0 aromatic heterocycles. The average Bonchev–Trinajstić information content (AvgIpc) is 3.34. The zero-order chi connectivity index (χ0) is 19.5. The number of ether oxygens (including phenoxy) is 1. The van der Waals surface area contributed by atoms with E-state index in [2.05, 4.69) is 17.3 Å². The summed E-state index contributed by atoms with van der Waals surface area (Å²) in [6, 6.07) is 7.94. The van der Waals surface area contributed by atoms with E-state index in [0.29, 0.717) is 19.0 Å². The number of hydrogen-bond donors (Lipinski definition) is 1. The molecule has 1 aliphatic carbocycles. The fourth-order valence-electron chi connectivity index (χ4n) is 4.63. The van der Waals surface area contributed by atoms with E-state index in [-0.39, 0.29) is 23.8 Å². The fraction of sp³-hybridized carbons (Fsp3) is 0.636. The van der Waals surface area contributed by atoms with Crippen LogP contribution in [-0.4, -0.2) is 60.4 Å². The first kappa shape index (κ1) is 19.2. The highest BCUT2D eigenvalue weighted by atomic mass is 16.5. The minimum absolute atomic E-state index is 0.0576.